The van der Waals surface area contributed by atoms with E-state index in [1.54, 1.807) is 14.2 Å². The number of rotatable bonds is 4. The van der Waals surface area contributed by atoms with E-state index in [-0.39, 0.29) is 0 Å². The summed E-state index contributed by atoms with van der Waals surface area (Å²) in [6, 6.07) is 0. The van der Waals surface area contributed by atoms with Crippen LogP contribution in [0.4, 0.5) is 0 Å². The topological polar surface area (TPSA) is 44.2 Å². The Morgan fingerprint density at radius 3 is 2.08 bits per heavy atom. The van der Waals surface area contributed by atoms with Crippen molar-refractivity contribution in [2.45, 2.75) is 19.8 Å². The zero-order chi connectivity index (χ0) is 9.68. The molecule has 13 heavy (non-hydrogen) atoms. The summed E-state index contributed by atoms with van der Waals surface area (Å²) in [6.07, 6.45) is 3.32. The third-order valence-corrected chi connectivity index (χ3v) is 1.75. The van der Waals surface area contributed by atoms with E-state index in [9.17, 15) is 0 Å². The Bertz CT molecular complexity index is 254. The maximum absolute atomic E-state index is 5.11. The van der Waals surface area contributed by atoms with E-state index in [2.05, 4.69) is 16.9 Å². The maximum Gasteiger partial charge on any atom is 0.223 e. The highest BCUT2D eigenvalue weighted by Crippen LogP contribution is 2.24. The van der Waals surface area contributed by atoms with Crippen molar-refractivity contribution in [3.8, 4) is 11.8 Å². The normalized spacial score (nSPS) is 9.77. The fraction of sp³-hybridized carbons (Fsp3) is 0.556. The minimum absolute atomic E-state index is 0.605. The largest absolute Gasteiger partial charge is 0.481 e. The number of aromatic nitrogens is 2. The monoisotopic (exact) mass is 182 g/mol. The fourth-order valence-electron chi connectivity index (χ4n) is 1.20. The molecule has 72 valence electrons. The molecule has 0 bridgehead atoms. The van der Waals surface area contributed by atoms with Gasteiger partial charge in [-0.3, -0.25) is 0 Å². The van der Waals surface area contributed by atoms with Crippen LogP contribution >= 0.6 is 0 Å². The van der Waals surface area contributed by atoms with E-state index in [1.807, 2.05) is 0 Å². The Morgan fingerprint density at radius 1 is 1.15 bits per heavy atom. The molecule has 0 fully saturated rings. The summed E-state index contributed by atoms with van der Waals surface area (Å²) in [7, 11) is 3.20. The van der Waals surface area contributed by atoms with Crippen molar-refractivity contribution in [3.63, 3.8) is 0 Å². The molecular weight excluding hydrogens is 168 g/mol. The summed E-state index contributed by atoms with van der Waals surface area (Å²) >= 11 is 0. The number of hydrogen-bond donors (Lipinski definition) is 0. The second-order valence-corrected chi connectivity index (χ2v) is 2.62. The second-order valence-electron chi connectivity index (χ2n) is 2.62. The molecule has 0 saturated carbocycles. The molecule has 1 aromatic rings. The van der Waals surface area contributed by atoms with E-state index < -0.39 is 0 Å². The molecule has 0 aliphatic carbocycles. The molecule has 0 unspecified atom stereocenters. The lowest BCUT2D eigenvalue weighted by molar-refractivity contribution is 0.361. The van der Waals surface area contributed by atoms with Crippen LogP contribution in [0.5, 0.6) is 11.8 Å². The van der Waals surface area contributed by atoms with Crippen molar-refractivity contribution in [2.75, 3.05) is 14.2 Å². The van der Waals surface area contributed by atoms with Gasteiger partial charge in [0, 0.05) is 0 Å². The highest BCUT2D eigenvalue weighted by atomic mass is 16.5. The van der Waals surface area contributed by atoms with Crippen LogP contribution in [0.25, 0.3) is 0 Å². The smallest absolute Gasteiger partial charge is 0.223 e. The first-order valence-corrected chi connectivity index (χ1v) is 4.25. The summed E-state index contributed by atoms with van der Waals surface area (Å²) in [5.41, 5.74) is 0.940. The Hall–Kier alpha value is -1.32. The SMILES string of the molecule is CCCc1c(OC)ncnc1OC. The Labute approximate surface area is 77.9 Å². The molecule has 1 aromatic heterocycles. The van der Waals surface area contributed by atoms with Gasteiger partial charge in [0.2, 0.25) is 11.8 Å². The van der Waals surface area contributed by atoms with Crippen LogP contribution in [0.1, 0.15) is 18.9 Å². The first-order chi connectivity index (χ1) is 6.33. The zero-order valence-corrected chi connectivity index (χ0v) is 8.20. The van der Waals surface area contributed by atoms with E-state index in [0.29, 0.717) is 11.8 Å². The lowest BCUT2D eigenvalue weighted by Crippen LogP contribution is -2.00. The number of nitrogens with zero attached hydrogens (tertiary/aromatic N) is 2. The molecule has 1 heterocycles. The molecule has 0 atom stereocenters. The number of methoxy groups -OCH3 is 2. The van der Waals surface area contributed by atoms with Gasteiger partial charge >= 0.3 is 0 Å². The summed E-state index contributed by atoms with van der Waals surface area (Å²) in [4.78, 5) is 8.02. The molecule has 4 nitrogen and oxygen atoms in total. The van der Waals surface area contributed by atoms with Crippen molar-refractivity contribution in [2.24, 2.45) is 0 Å². The van der Waals surface area contributed by atoms with Gasteiger partial charge in [-0.25, -0.2) is 9.97 Å². The highest BCUT2D eigenvalue weighted by Gasteiger charge is 2.10. The molecule has 0 radical (unpaired) electrons. The van der Waals surface area contributed by atoms with E-state index >= 15 is 0 Å². The predicted octanol–water partition coefficient (Wildman–Crippen LogP) is 1.45. The lowest BCUT2D eigenvalue weighted by atomic mass is 10.2. The lowest BCUT2D eigenvalue weighted by Gasteiger charge is -2.08. The minimum Gasteiger partial charge on any atom is -0.481 e. The predicted molar refractivity (Wildman–Crippen MR) is 49.1 cm³/mol. The van der Waals surface area contributed by atoms with Crippen LogP contribution in [0.2, 0.25) is 0 Å². The zero-order valence-electron chi connectivity index (χ0n) is 8.20. The van der Waals surface area contributed by atoms with E-state index in [1.165, 1.54) is 6.33 Å². The van der Waals surface area contributed by atoms with Crippen molar-refractivity contribution in [1.29, 1.82) is 0 Å². The van der Waals surface area contributed by atoms with Gasteiger partial charge < -0.3 is 9.47 Å². The Kier molecular flexibility index (Phi) is 3.49. The number of ether oxygens (including phenoxy) is 2. The molecule has 1 rings (SSSR count). The molecule has 0 amide bonds. The molecule has 0 saturated heterocycles. The average Bonchev–Trinajstić information content (AvgIpc) is 2.18. The second kappa shape index (κ2) is 4.64. The van der Waals surface area contributed by atoms with Crippen LogP contribution in [0.3, 0.4) is 0 Å². The fourth-order valence-corrected chi connectivity index (χ4v) is 1.20. The van der Waals surface area contributed by atoms with Crippen LogP contribution in [-0.2, 0) is 6.42 Å². The summed E-state index contributed by atoms with van der Waals surface area (Å²) in [6.45, 7) is 2.09. The van der Waals surface area contributed by atoms with Crippen LogP contribution in [0, 0.1) is 0 Å². The maximum atomic E-state index is 5.11. The number of hydrogen-bond acceptors (Lipinski definition) is 4. The molecule has 0 aliphatic rings. The third kappa shape index (κ3) is 2.08. The van der Waals surface area contributed by atoms with Gasteiger partial charge in [-0.05, 0) is 6.42 Å². The van der Waals surface area contributed by atoms with Gasteiger partial charge in [-0.15, -0.1) is 0 Å². The van der Waals surface area contributed by atoms with Crippen molar-refractivity contribution in [3.05, 3.63) is 11.9 Å². The highest BCUT2D eigenvalue weighted by molar-refractivity contribution is 5.34. The first kappa shape index (κ1) is 9.77. The van der Waals surface area contributed by atoms with Gasteiger partial charge in [0.1, 0.15) is 6.33 Å². The molecule has 0 aromatic carbocycles. The standard InChI is InChI=1S/C9H14N2O2/c1-4-5-7-8(12-2)10-6-11-9(7)13-3/h6H,4-5H2,1-3H3. The summed E-state index contributed by atoms with van der Waals surface area (Å²) in [5.74, 6) is 1.21. The van der Waals surface area contributed by atoms with Gasteiger partial charge in [0.15, 0.2) is 0 Å². The van der Waals surface area contributed by atoms with Crippen molar-refractivity contribution in [1.82, 2.24) is 9.97 Å². The van der Waals surface area contributed by atoms with Gasteiger partial charge in [0.05, 0.1) is 19.8 Å². The Balaban J connectivity index is 3.05. The average molecular weight is 182 g/mol. The molecular formula is C9H14N2O2. The van der Waals surface area contributed by atoms with Crippen LogP contribution in [0.15, 0.2) is 6.33 Å². The summed E-state index contributed by atoms with van der Waals surface area (Å²) in [5, 5.41) is 0. The van der Waals surface area contributed by atoms with E-state index in [4.69, 9.17) is 9.47 Å². The van der Waals surface area contributed by atoms with E-state index in [0.717, 1.165) is 18.4 Å². The quantitative estimate of drug-likeness (QED) is 0.706. The van der Waals surface area contributed by atoms with Crippen molar-refractivity contribution >= 4 is 0 Å². The summed E-state index contributed by atoms with van der Waals surface area (Å²) < 4.78 is 10.2. The third-order valence-electron chi connectivity index (χ3n) is 1.75. The Morgan fingerprint density at radius 2 is 1.69 bits per heavy atom. The molecule has 4 heteroatoms. The van der Waals surface area contributed by atoms with Crippen LogP contribution in [-0.4, -0.2) is 24.2 Å². The van der Waals surface area contributed by atoms with Gasteiger partial charge in [-0.1, -0.05) is 13.3 Å². The van der Waals surface area contributed by atoms with Gasteiger partial charge in [0.25, 0.3) is 0 Å². The van der Waals surface area contributed by atoms with Crippen LogP contribution < -0.4 is 9.47 Å². The molecule has 0 aliphatic heterocycles. The molecule has 0 N–H and O–H groups in total. The molecule has 0 spiro atoms. The van der Waals surface area contributed by atoms with Gasteiger partial charge in [-0.2, -0.15) is 0 Å². The first-order valence-electron chi connectivity index (χ1n) is 4.25. The van der Waals surface area contributed by atoms with Crippen molar-refractivity contribution < 1.29 is 9.47 Å². The minimum atomic E-state index is 0.605.